The van der Waals surface area contributed by atoms with Crippen molar-refractivity contribution in [3.63, 3.8) is 0 Å². The zero-order valence-electron chi connectivity index (χ0n) is 9.17. The van der Waals surface area contributed by atoms with Crippen molar-refractivity contribution < 1.29 is 14.3 Å². The summed E-state index contributed by atoms with van der Waals surface area (Å²) in [7, 11) is 0. The summed E-state index contributed by atoms with van der Waals surface area (Å²) in [6.45, 7) is 1.90. The Kier molecular flexibility index (Phi) is 2.78. The second kappa shape index (κ2) is 4.25. The van der Waals surface area contributed by atoms with Gasteiger partial charge in [-0.3, -0.25) is 0 Å². The molecule has 0 saturated heterocycles. The molecule has 0 spiro atoms. The second-order valence-corrected chi connectivity index (χ2v) is 3.46. The van der Waals surface area contributed by atoms with E-state index in [0.29, 0.717) is 23.8 Å². The number of carbonyl (C=O) groups is 1. The largest absolute Gasteiger partial charge is 0.478 e. The van der Waals surface area contributed by atoms with E-state index in [0.717, 1.165) is 0 Å². The van der Waals surface area contributed by atoms with Crippen LogP contribution < -0.4 is 5.73 Å². The van der Waals surface area contributed by atoms with Crippen molar-refractivity contribution in [1.82, 2.24) is 10.2 Å². The minimum atomic E-state index is -1.06. The van der Waals surface area contributed by atoms with Gasteiger partial charge in [0.1, 0.15) is 0 Å². The highest BCUT2D eigenvalue weighted by Crippen LogP contribution is 2.23. The van der Waals surface area contributed by atoms with Gasteiger partial charge in [0.15, 0.2) is 0 Å². The van der Waals surface area contributed by atoms with E-state index in [-0.39, 0.29) is 11.3 Å². The Morgan fingerprint density at radius 3 is 2.76 bits per heavy atom. The van der Waals surface area contributed by atoms with E-state index in [1.807, 2.05) is 6.92 Å². The van der Waals surface area contributed by atoms with Gasteiger partial charge in [-0.05, 0) is 18.2 Å². The molecule has 2 aromatic rings. The van der Waals surface area contributed by atoms with Gasteiger partial charge in [-0.15, -0.1) is 10.2 Å². The summed E-state index contributed by atoms with van der Waals surface area (Å²) in [6.07, 6.45) is 0.649. The molecule has 0 fully saturated rings. The number of nitrogens with zero attached hydrogens (tertiary/aromatic N) is 2. The van der Waals surface area contributed by atoms with Gasteiger partial charge >= 0.3 is 5.97 Å². The molecule has 3 N–H and O–H groups in total. The molecule has 1 aromatic heterocycles. The lowest BCUT2D eigenvalue weighted by molar-refractivity contribution is 0.0698. The summed E-state index contributed by atoms with van der Waals surface area (Å²) in [5, 5.41) is 16.5. The number of hydrogen-bond donors (Lipinski definition) is 2. The van der Waals surface area contributed by atoms with Crippen molar-refractivity contribution in [1.29, 1.82) is 0 Å². The molecule has 17 heavy (non-hydrogen) atoms. The van der Waals surface area contributed by atoms with Crippen LogP contribution in [0, 0.1) is 0 Å². The third-order valence-electron chi connectivity index (χ3n) is 2.30. The van der Waals surface area contributed by atoms with E-state index < -0.39 is 5.97 Å². The Bertz CT molecular complexity index is 563. The van der Waals surface area contributed by atoms with Gasteiger partial charge < -0.3 is 15.3 Å². The first-order valence-electron chi connectivity index (χ1n) is 5.07. The molecule has 0 amide bonds. The van der Waals surface area contributed by atoms with Crippen LogP contribution >= 0.6 is 0 Å². The van der Waals surface area contributed by atoms with Gasteiger partial charge in [-0.1, -0.05) is 6.92 Å². The van der Waals surface area contributed by atoms with Crippen LogP contribution in [0.5, 0.6) is 0 Å². The first-order chi connectivity index (χ1) is 8.11. The number of rotatable bonds is 3. The summed E-state index contributed by atoms with van der Waals surface area (Å²) in [6, 6.07) is 4.52. The first-order valence-corrected chi connectivity index (χ1v) is 5.07. The molecule has 6 heteroatoms. The molecule has 0 aliphatic carbocycles. The molecule has 6 nitrogen and oxygen atoms in total. The lowest BCUT2D eigenvalue weighted by Crippen LogP contribution is -2.02. The predicted molar refractivity (Wildman–Crippen MR) is 60.5 cm³/mol. The third kappa shape index (κ3) is 2.10. The molecule has 2 rings (SSSR count). The molecule has 0 aliphatic rings. The highest BCUT2D eigenvalue weighted by atomic mass is 16.4. The molecule has 0 aliphatic heterocycles. The predicted octanol–water partition coefficient (Wildman–Crippen LogP) is 1.58. The van der Waals surface area contributed by atoms with Crippen LogP contribution in [0.2, 0.25) is 0 Å². The van der Waals surface area contributed by atoms with Crippen LogP contribution in [0.4, 0.5) is 5.69 Å². The number of nitrogen functional groups attached to an aromatic ring is 1. The highest BCUT2D eigenvalue weighted by molar-refractivity contribution is 5.94. The molecule has 0 unspecified atom stereocenters. The van der Waals surface area contributed by atoms with E-state index in [1.54, 1.807) is 6.07 Å². The summed E-state index contributed by atoms with van der Waals surface area (Å²) < 4.78 is 5.35. The third-order valence-corrected chi connectivity index (χ3v) is 2.30. The Balaban J connectivity index is 2.40. The maximum Gasteiger partial charge on any atom is 0.337 e. The molecule has 0 atom stereocenters. The SMILES string of the molecule is CCc1nnc(-c2ccc(C(=O)O)c(N)c2)o1. The quantitative estimate of drug-likeness (QED) is 0.780. The summed E-state index contributed by atoms with van der Waals surface area (Å²) in [5.74, 6) is -0.194. The number of nitrogens with two attached hydrogens (primary N) is 1. The maximum atomic E-state index is 10.8. The first kappa shape index (κ1) is 11.1. The Morgan fingerprint density at radius 2 is 2.24 bits per heavy atom. The van der Waals surface area contributed by atoms with E-state index in [9.17, 15) is 4.79 Å². The summed E-state index contributed by atoms with van der Waals surface area (Å²) in [5.41, 5.74) is 6.47. The number of aromatic carboxylic acids is 1. The standard InChI is InChI=1S/C11H11N3O3/c1-2-9-13-14-10(17-9)6-3-4-7(11(15)16)8(12)5-6/h3-5H,2,12H2,1H3,(H,15,16). The van der Waals surface area contributed by atoms with E-state index in [2.05, 4.69) is 10.2 Å². The average molecular weight is 233 g/mol. The van der Waals surface area contributed by atoms with Crippen molar-refractivity contribution in [2.45, 2.75) is 13.3 Å². The summed E-state index contributed by atoms with van der Waals surface area (Å²) in [4.78, 5) is 10.8. The van der Waals surface area contributed by atoms with Gasteiger partial charge in [0.2, 0.25) is 11.8 Å². The Labute approximate surface area is 97.1 Å². The van der Waals surface area contributed by atoms with Crippen molar-refractivity contribution in [3.05, 3.63) is 29.7 Å². The van der Waals surface area contributed by atoms with Crippen molar-refractivity contribution in [2.24, 2.45) is 0 Å². The molecule has 1 heterocycles. The Hall–Kier alpha value is -2.37. The smallest absolute Gasteiger partial charge is 0.337 e. The van der Waals surface area contributed by atoms with Gasteiger partial charge in [0.25, 0.3) is 0 Å². The molecule has 0 bridgehead atoms. The molecule has 1 aromatic carbocycles. The topological polar surface area (TPSA) is 102 Å². The second-order valence-electron chi connectivity index (χ2n) is 3.46. The van der Waals surface area contributed by atoms with Gasteiger partial charge in [-0.25, -0.2) is 4.79 Å². The van der Waals surface area contributed by atoms with Gasteiger partial charge in [-0.2, -0.15) is 0 Å². The summed E-state index contributed by atoms with van der Waals surface area (Å²) >= 11 is 0. The maximum absolute atomic E-state index is 10.8. The van der Waals surface area contributed by atoms with Crippen molar-refractivity contribution >= 4 is 11.7 Å². The monoisotopic (exact) mass is 233 g/mol. The fourth-order valence-electron chi connectivity index (χ4n) is 1.40. The van der Waals surface area contributed by atoms with Crippen LogP contribution in [0.1, 0.15) is 23.2 Å². The number of benzene rings is 1. The minimum absolute atomic E-state index is 0.0592. The average Bonchev–Trinajstić information content (AvgIpc) is 2.76. The Morgan fingerprint density at radius 1 is 1.47 bits per heavy atom. The van der Waals surface area contributed by atoms with Gasteiger partial charge in [0, 0.05) is 17.7 Å². The fourth-order valence-corrected chi connectivity index (χ4v) is 1.40. The zero-order valence-corrected chi connectivity index (χ0v) is 9.17. The van der Waals surface area contributed by atoms with E-state index in [4.69, 9.17) is 15.3 Å². The van der Waals surface area contributed by atoms with Crippen LogP contribution in [0.3, 0.4) is 0 Å². The number of carboxylic acids is 1. The zero-order chi connectivity index (χ0) is 12.4. The molecule has 88 valence electrons. The van der Waals surface area contributed by atoms with Crippen LogP contribution in [-0.4, -0.2) is 21.3 Å². The number of hydrogen-bond acceptors (Lipinski definition) is 5. The number of anilines is 1. The fraction of sp³-hybridized carbons (Fsp3) is 0.182. The molecular formula is C11H11N3O3. The molecule has 0 saturated carbocycles. The lowest BCUT2D eigenvalue weighted by atomic mass is 10.1. The van der Waals surface area contributed by atoms with E-state index in [1.165, 1.54) is 12.1 Å². The van der Waals surface area contributed by atoms with Crippen molar-refractivity contribution in [2.75, 3.05) is 5.73 Å². The van der Waals surface area contributed by atoms with E-state index >= 15 is 0 Å². The number of aryl methyl sites for hydroxylation is 1. The van der Waals surface area contributed by atoms with Crippen molar-refractivity contribution in [3.8, 4) is 11.5 Å². The van der Waals surface area contributed by atoms with Gasteiger partial charge in [0.05, 0.1) is 5.56 Å². The molecule has 0 radical (unpaired) electrons. The van der Waals surface area contributed by atoms with Crippen LogP contribution in [-0.2, 0) is 6.42 Å². The minimum Gasteiger partial charge on any atom is -0.478 e. The molecular weight excluding hydrogens is 222 g/mol. The number of aromatic nitrogens is 2. The lowest BCUT2D eigenvalue weighted by Gasteiger charge is -2.01. The highest BCUT2D eigenvalue weighted by Gasteiger charge is 2.12. The normalized spacial score (nSPS) is 10.4. The number of carboxylic acid groups (broad SMARTS) is 1. The van der Waals surface area contributed by atoms with Crippen LogP contribution in [0.15, 0.2) is 22.6 Å². The van der Waals surface area contributed by atoms with Crippen LogP contribution in [0.25, 0.3) is 11.5 Å².